The first kappa shape index (κ1) is 12.9. The highest BCUT2D eigenvalue weighted by Crippen LogP contribution is 2.29. The third-order valence-electron chi connectivity index (χ3n) is 2.73. The van der Waals surface area contributed by atoms with Crippen molar-refractivity contribution in [2.24, 2.45) is 0 Å². The van der Waals surface area contributed by atoms with Crippen LogP contribution >= 0.6 is 11.6 Å². The van der Waals surface area contributed by atoms with Gasteiger partial charge in [-0.15, -0.1) is 0 Å². The predicted molar refractivity (Wildman–Crippen MR) is 72.6 cm³/mol. The molecule has 0 spiro atoms. The van der Waals surface area contributed by atoms with Crippen LogP contribution in [0.2, 0.25) is 5.02 Å². The molecule has 2 rings (SSSR count). The monoisotopic (exact) mass is 265 g/mol. The van der Waals surface area contributed by atoms with Crippen LogP contribution in [0.15, 0.2) is 24.7 Å². The van der Waals surface area contributed by atoms with Gasteiger partial charge in [0.15, 0.2) is 0 Å². The SMILES string of the molecule is CNCc1cn(-c2cc(C)c(Cl)cc2OC)cn1. The van der Waals surface area contributed by atoms with E-state index in [1.54, 1.807) is 13.4 Å². The van der Waals surface area contributed by atoms with Gasteiger partial charge in [0.1, 0.15) is 5.75 Å². The summed E-state index contributed by atoms with van der Waals surface area (Å²) in [5.74, 6) is 0.735. The predicted octanol–water partition coefficient (Wildman–Crippen LogP) is 2.56. The smallest absolute Gasteiger partial charge is 0.144 e. The summed E-state index contributed by atoms with van der Waals surface area (Å²) in [6.45, 7) is 2.71. The second-order valence-corrected chi connectivity index (χ2v) is 4.48. The van der Waals surface area contributed by atoms with Crippen molar-refractivity contribution in [2.75, 3.05) is 14.2 Å². The molecule has 0 aliphatic heterocycles. The number of ether oxygens (including phenoxy) is 1. The maximum absolute atomic E-state index is 6.09. The van der Waals surface area contributed by atoms with Gasteiger partial charge in [-0.3, -0.25) is 0 Å². The molecule has 0 aliphatic rings. The van der Waals surface area contributed by atoms with Gasteiger partial charge in [0.25, 0.3) is 0 Å². The Morgan fingerprint density at radius 1 is 1.44 bits per heavy atom. The summed E-state index contributed by atoms with van der Waals surface area (Å²) in [7, 11) is 3.53. The molecule has 0 atom stereocenters. The number of nitrogens with zero attached hydrogens (tertiary/aromatic N) is 2. The number of hydrogen-bond donors (Lipinski definition) is 1. The van der Waals surface area contributed by atoms with E-state index in [4.69, 9.17) is 16.3 Å². The molecular formula is C13H16ClN3O. The molecule has 1 aromatic heterocycles. The zero-order valence-corrected chi connectivity index (χ0v) is 11.5. The summed E-state index contributed by atoms with van der Waals surface area (Å²) in [6, 6.07) is 3.82. The lowest BCUT2D eigenvalue weighted by Crippen LogP contribution is -2.05. The maximum Gasteiger partial charge on any atom is 0.144 e. The topological polar surface area (TPSA) is 39.1 Å². The molecule has 0 radical (unpaired) electrons. The van der Waals surface area contributed by atoms with Crippen molar-refractivity contribution in [3.63, 3.8) is 0 Å². The van der Waals surface area contributed by atoms with Crippen LogP contribution in [0.1, 0.15) is 11.3 Å². The van der Waals surface area contributed by atoms with Crippen molar-refractivity contribution < 1.29 is 4.74 Å². The molecule has 0 bridgehead atoms. The van der Waals surface area contributed by atoms with E-state index in [1.807, 2.05) is 36.9 Å². The second-order valence-electron chi connectivity index (χ2n) is 4.08. The largest absolute Gasteiger partial charge is 0.495 e. The van der Waals surface area contributed by atoms with Crippen LogP contribution in [0.5, 0.6) is 5.75 Å². The van der Waals surface area contributed by atoms with Gasteiger partial charge < -0.3 is 14.6 Å². The molecule has 1 N–H and O–H groups in total. The summed E-state index contributed by atoms with van der Waals surface area (Å²) in [4.78, 5) is 4.32. The van der Waals surface area contributed by atoms with Gasteiger partial charge in [-0.05, 0) is 25.6 Å². The van der Waals surface area contributed by atoms with Crippen LogP contribution < -0.4 is 10.1 Å². The lowest BCUT2D eigenvalue weighted by atomic mass is 10.2. The van der Waals surface area contributed by atoms with Crippen LogP contribution in [0, 0.1) is 6.92 Å². The molecule has 0 fully saturated rings. The van der Waals surface area contributed by atoms with Gasteiger partial charge >= 0.3 is 0 Å². The number of benzene rings is 1. The van der Waals surface area contributed by atoms with E-state index < -0.39 is 0 Å². The number of halogens is 1. The molecule has 0 saturated heterocycles. The molecule has 5 heteroatoms. The van der Waals surface area contributed by atoms with Crippen molar-refractivity contribution in [2.45, 2.75) is 13.5 Å². The first-order chi connectivity index (χ1) is 8.65. The summed E-state index contributed by atoms with van der Waals surface area (Å²) in [5, 5.41) is 3.77. The number of aromatic nitrogens is 2. The molecule has 0 aliphatic carbocycles. The molecule has 4 nitrogen and oxygen atoms in total. The molecule has 18 heavy (non-hydrogen) atoms. The van der Waals surface area contributed by atoms with E-state index in [2.05, 4.69) is 10.3 Å². The van der Waals surface area contributed by atoms with Crippen LogP contribution in [-0.2, 0) is 6.54 Å². The normalized spacial score (nSPS) is 10.7. The fourth-order valence-electron chi connectivity index (χ4n) is 1.78. The van der Waals surface area contributed by atoms with Gasteiger partial charge in [0.05, 0.1) is 24.8 Å². The summed E-state index contributed by atoms with van der Waals surface area (Å²) >= 11 is 6.09. The van der Waals surface area contributed by atoms with Crippen molar-refractivity contribution in [1.29, 1.82) is 0 Å². The molecule has 0 unspecified atom stereocenters. The average Bonchev–Trinajstić information content (AvgIpc) is 2.81. The third-order valence-corrected chi connectivity index (χ3v) is 3.14. The first-order valence-corrected chi connectivity index (χ1v) is 6.05. The van der Waals surface area contributed by atoms with Gasteiger partial charge in [0, 0.05) is 23.8 Å². The van der Waals surface area contributed by atoms with Crippen molar-refractivity contribution >= 4 is 11.6 Å². The van der Waals surface area contributed by atoms with E-state index in [-0.39, 0.29) is 0 Å². The number of hydrogen-bond acceptors (Lipinski definition) is 3. The molecule has 0 amide bonds. The highest BCUT2D eigenvalue weighted by atomic mass is 35.5. The Labute approximate surface area is 112 Å². The van der Waals surface area contributed by atoms with Crippen LogP contribution in [0.25, 0.3) is 5.69 Å². The minimum atomic E-state index is 0.700. The van der Waals surface area contributed by atoms with Gasteiger partial charge in [-0.25, -0.2) is 4.98 Å². The summed E-state index contributed by atoms with van der Waals surface area (Å²) < 4.78 is 7.30. The zero-order chi connectivity index (χ0) is 13.1. The van der Waals surface area contributed by atoms with Crippen LogP contribution in [-0.4, -0.2) is 23.7 Å². The Morgan fingerprint density at radius 3 is 2.89 bits per heavy atom. The Bertz CT molecular complexity index is 551. The van der Waals surface area contributed by atoms with Crippen molar-refractivity contribution in [1.82, 2.24) is 14.9 Å². The summed E-state index contributed by atoms with van der Waals surface area (Å²) in [6.07, 6.45) is 3.75. The Balaban J connectivity index is 2.45. The lowest BCUT2D eigenvalue weighted by Gasteiger charge is -2.11. The molecular weight excluding hydrogens is 250 g/mol. The molecule has 1 heterocycles. The summed E-state index contributed by atoms with van der Waals surface area (Å²) in [5.41, 5.74) is 2.93. The van der Waals surface area contributed by atoms with Gasteiger partial charge in [-0.2, -0.15) is 0 Å². The number of nitrogens with one attached hydrogen (secondary N) is 1. The van der Waals surface area contributed by atoms with Crippen molar-refractivity contribution in [3.05, 3.63) is 40.9 Å². The van der Waals surface area contributed by atoms with E-state index in [0.717, 1.165) is 29.2 Å². The Kier molecular flexibility index (Phi) is 3.89. The van der Waals surface area contributed by atoms with Crippen LogP contribution in [0.4, 0.5) is 0 Å². The van der Waals surface area contributed by atoms with E-state index in [9.17, 15) is 0 Å². The second kappa shape index (κ2) is 5.42. The van der Waals surface area contributed by atoms with E-state index >= 15 is 0 Å². The lowest BCUT2D eigenvalue weighted by molar-refractivity contribution is 0.413. The Morgan fingerprint density at radius 2 is 2.22 bits per heavy atom. The Hall–Kier alpha value is -1.52. The average molecular weight is 266 g/mol. The fraction of sp³-hybridized carbons (Fsp3) is 0.308. The first-order valence-electron chi connectivity index (χ1n) is 5.67. The minimum Gasteiger partial charge on any atom is -0.495 e. The third kappa shape index (κ3) is 2.49. The number of rotatable bonds is 4. The molecule has 0 saturated carbocycles. The van der Waals surface area contributed by atoms with Crippen molar-refractivity contribution in [3.8, 4) is 11.4 Å². The highest BCUT2D eigenvalue weighted by molar-refractivity contribution is 6.31. The highest BCUT2D eigenvalue weighted by Gasteiger charge is 2.09. The number of imidazole rings is 1. The number of methoxy groups -OCH3 is 1. The van der Waals surface area contributed by atoms with E-state index in [0.29, 0.717) is 5.02 Å². The van der Waals surface area contributed by atoms with Gasteiger partial charge in [0.2, 0.25) is 0 Å². The molecule has 96 valence electrons. The van der Waals surface area contributed by atoms with E-state index in [1.165, 1.54) is 0 Å². The molecule has 2 aromatic rings. The van der Waals surface area contributed by atoms with Gasteiger partial charge in [-0.1, -0.05) is 11.6 Å². The maximum atomic E-state index is 6.09. The standard InChI is InChI=1S/C13H16ClN3O/c1-9-4-12(13(18-3)5-11(9)14)17-7-10(6-15-2)16-8-17/h4-5,7-8,15H,6H2,1-3H3. The van der Waals surface area contributed by atoms with Crippen LogP contribution in [0.3, 0.4) is 0 Å². The fourth-order valence-corrected chi connectivity index (χ4v) is 1.93. The zero-order valence-electron chi connectivity index (χ0n) is 10.7. The molecule has 1 aromatic carbocycles. The minimum absolute atomic E-state index is 0.700. The number of aryl methyl sites for hydroxylation is 1. The quantitative estimate of drug-likeness (QED) is 0.924.